The molecule has 17 heavy (non-hydrogen) atoms. The fraction of sp³-hybridized carbons (Fsp3) is 1.00. The van der Waals surface area contributed by atoms with Crippen LogP contribution in [-0.4, -0.2) is 47.1 Å². The maximum Gasteiger partial charge on any atom is 0.0259 e. The Morgan fingerprint density at radius 1 is 1.35 bits per heavy atom. The first-order valence-electron chi connectivity index (χ1n) is 7.28. The summed E-state index contributed by atoms with van der Waals surface area (Å²) in [5.74, 6) is 1.37. The molecule has 3 unspecified atom stereocenters. The molecule has 0 amide bonds. The van der Waals surface area contributed by atoms with Crippen molar-refractivity contribution in [3.63, 3.8) is 0 Å². The smallest absolute Gasteiger partial charge is 0.0259 e. The summed E-state index contributed by atoms with van der Waals surface area (Å²) in [5, 5.41) is 3.69. The lowest BCUT2D eigenvalue weighted by atomic mass is 10.00. The molecule has 0 radical (unpaired) electrons. The number of nitrogens with zero attached hydrogens (tertiary/aromatic N) is 1. The van der Waals surface area contributed by atoms with Gasteiger partial charge in [0.25, 0.3) is 0 Å². The molecule has 0 aliphatic carbocycles. The Balaban J connectivity index is 1.95. The van der Waals surface area contributed by atoms with Gasteiger partial charge in [-0.25, -0.2) is 0 Å². The minimum atomic E-state index is 0.531. The lowest BCUT2D eigenvalue weighted by Crippen LogP contribution is -2.58. The molecule has 2 aliphatic rings. The van der Waals surface area contributed by atoms with E-state index in [2.05, 4.69) is 42.7 Å². The highest BCUT2D eigenvalue weighted by Crippen LogP contribution is 2.39. The quantitative estimate of drug-likeness (QED) is 0.832. The zero-order chi connectivity index (χ0) is 12.3. The minimum Gasteiger partial charge on any atom is -0.311 e. The molecule has 0 bridgehead atoms. The van der Waals surface area contributed by atoms with Crippen LogP contribution in [0.4, 0.5) is 0 Å². The van der Waals surface area contributed by atoms with Crippen molar-refractivity contribution < 1.29 is 0 Å². The van der Waals surface area contributed by atoms with Crippen LogP contribution in [0.3, 0.4) is 0 Å². The Bertz CT molecular complexity index is 238. The van der Waals surface area contributed by atoms with Gasteiger partial charge in [-0.05, 0) is 38.4 Å². The lowest BCUT2D eigenvalue weighted by Gasteiger charge is -2.43. The highest BCUT2D eigenvalue weighted by molar-refractivity contribution is 8.00. The van der Waals surface area contributed by atoms with Crippen LogP contribution < -0.4 is 5.32 Å². The highest BCUT2D eigenvalue weighted by Gasteiger charge is 2.35. The molecule has 0 aromatic heterocycles. The molecule has 2 aliphatic heterocycles. The number of piperazine rings is 1. The molecule has 2 heterocycles. The first-order valence-corrected chi connectivity index (χ1v) is 8.27. The summed E-state index contributed by atoms with van der Waals surface area (Å²) < 4.78 is 0.531. The van der Waals surface area contributed by atoms with Crippen LogP contribution in [0.25, 0.3) is 0 Å². The van der Waals surface area contributed by atoms with Gasteiger partial charge in [-0.2, -0.15) is 11.8 Å². The maximum absolute atomic E-state index is 3.69. The topological polar surface area (TPSA) is 15.3 Å². The first-order chi connectivity index (χ1) is 8.17. The molecule has 0 saturated carbocycles. The summed E-state index contributed by atoms with van der Waals surface area (Å²) in [6.45, 7) is 10.8. The molecule has 2 rings (SSSR count). The first kappa shape index (κ1) is 13.7. The summed E-state index contributed by atoms with van der Waals surface area (Å²) in [6.07, 6.45) is 5.37. The molecule has 2 nitrogen and oxygen atoms in total. The number of hydrogen-bond acceptors (Lipinski definition) is 3. The number of rotatable bonds is 4. The van der Waals surface area contributed by atoms with E-state index >= 15 is 0 Å². The second kappa shape index (κ2) is 5.94. The predicted octanol–water partition coefficient (Wildman–Crippen LogP) is 2.73. The monoisotopic (exact) mass is 256 g/mol. The zero-order valence-corrected chi connectivity index (χ0v) is 12.5. The van der Waals surface area contributed by atoms with E-state index in [0.29, 0.717) is 10.8 Å². The largest absolute Gasteiger partial charge is 0.311 e. The molecule has 1 N–H and O–H groups in total. The van der Waals surface area contributed by atoms with Crippen molar-refractivity contribution in [3.05, 3.63) is 0 Å². The minimum absolute atomic E-state index is 0.531. The van der Waals surface area contributed by atoms with Gasteiger partial charge in [0.2, 0.25) is 0 Å². The van der Waals surface area contributed by atoms with Crippen molar-refractivity contribution in [2.75, 3.05) is 25.4 Å². The van der Waals surface area contributed by atoms with Crippen LogP contribution in [0.5, 0.6) is 0 Å². The Hall–Kier alpha value is 0.270. The van der Waals surface area contributed by atoms with Crippen LogP contribution in [0.2, 0.25) is 0 Å². The number of nitrogens with one attached hydrogen (secondary N) is 1. The molecule has 2 fully saturated rings. The van der Waals surface area contributed by atoms with Crippen molar-refractivity contribution >= 4 is 11.8 Å². The van der Waals surface area contributed by atoms with Gasteiger partial charge in [-0.15, -0.1) is 0 Å². The van der Waals surface area contributed by atoms with Crippen molar-refractivity contribution in [2.24, 2.45) is 0 Å². The lowest BCUT2D eigenvalue weighted by molar-refractivity contribution is 0.114. The van der Waals surface area contributed by atoms with E-state index < -0.39 is 0 Å². The number of hydrogen-bond donors (Lipinski definition) is 1. The van der Waals surface area contributed by atoms with Gasteiger partial charge in [0.1, 0.15) is 0 Å². The van der Waals surface area contributed by atoms with Crippen LogP contribution in [0, 0.1) is 0 Å². The van der Waals surface area contributed by atoms with E-state index in [-0.39, 0.29) is 0 Å². The second-order valence-electron chi connectivity index (χ2n) is 5.91. The fourth-order valence-electron chi connectivity index (χ4n) is 3.19. The molecular weight excluding hydrogens is 228 g/mol. The van der Waals surface area contributed by atoms with Gasteiger partial charge in [-0.1, -0.05) is 13.8 Å². The molecular formula is C14H28N2S. The Morgan fingerprint density at radius 2 is 2.18 bits per heavy atom. The van der Waals surface area contributed by atoms with Crippen molar-refractivity contribution in [1.82, 2.24) is 10.2 Å². The summed E-state index contributed by atoms with van der Waals surface area (Å²) in [7, 11) is 0. The van der Waals surface area contributed by atoms with Gasteiger partial charge < -0.3 is 5.32 Å². The van der Waals surface area contributed by atoms with Gasteiger partial charge in [0.15, 0.2) is 0 Å². The van der Waals surface area contributed by atoms with Crippen LogP contribution >= 0.6 is 11.8 Å². The maximum atomic E-state index is 3.69. The Kier molecular flexibility index (Phi) is 4.79. The van der Waals surface area contributed by atoms with E-state index in [4.69, 9.17) is 0 Å². The van der Waals surface area contributed by atoms with E-state index in [0.717, 1.165) is 6.04 Å². The molecule has 0 aromatic rings. The molecule has 3 heteroatoms. The number of thioether (sulfide) groups is 1. The van der Waals surface area contributed by atoms with E-state index in [1.165, 1.54) is 51.1 Å². The Labute approximate surface area is 111 Å². The second-order valence-corrected chi connectivity index (χ2v) is 7.59. The van der Waals surface area contributed by atoms with E-state index in [1.807, 2.05) is 0 Å². The van der Waals surface area contributed by atoms with E-state index in [9.17, 15) is 0 Å². The molecule has 2 saturated heterocycles. The SMILES string of the molecule is CCC1CN(CC2(C)CCCS2)C(CC)CN1. The predicted molar refractivity (Wildman–Crippen MR) is 77.8 cm³/mol. The van der Waals surface area contributed by atoms with Crippen LogP contribution in [0.15, 0.2) is 0 Å². The third kappa shape index (κ3) is 3.39. The highest BCUT2D eigenvalue weighted by atomic mass is 32.2. The van der Waals surface area contributed by atoms with Crippen molar-refractivity contribution in [2.45, 2.75) is 63.3 Å². The molecule has 0 spiro atoms. The van der Waals surface area contributed by atoms with Crippen molar-refractivity contribution in [1.29, 1.82) is 0 Å². The third-order valence-corrected chi connectivity index (χ3v) is 5.94. The Morgan fingerprint density at radius 3 is 2.76 bits per heavy atom. The third-order valence-electron chi connectivity index (χ3n) is 4.42. The van der Waals surface area contributed by atoms with Gasteiger partial charge >= 0.3 is 0 Å². The summed E-state index contributed by atoms with van der Waals surface area (Å²) >= 11 is 2.20. The summed E-state index contributed by atoms with van der Waals surface area (Å²) in [6, 6.07) is 1.48. The zero-order valence-electron chi connectivity index (χ0n) is 11.7. The van der Waals surface area contributed by atoms with E-state index in [1.54, 1.807) is 0 Å². The van der Waals surface area contributed by atoms with Gasteiger partial charge in [-0.3, -0.25) is 4.90 Å². The van der Waals surface area contributed by atoms with Crippen LogP contribution in [-0.2, 0) is 0 Å². The molecule has 0 aromatic carbocycles. The average molecular weight is 256 g/mol. The molecule has 100 valence electrons. The van der Waals surface area contributed by atoms with Gasteiger partial charge in [0, 0.05) is 36.5 Å². The standard InChI is InChI=1S/C14H28N2S/c1-4-12-10-16(13(5-2)9-15-12)11-14(3)7-6-8-17-14/h12-13,15H,4-11H2,1-3H3. The summed E-state index contributed by atoms with van der Waals surface area (Å²) in [5.41, 5.74) is 0. The van der Waals surface area contributed by atoms with Crippen LogP contribution in [0.1, 0.15) is 46.5 Å². The average Bonchev–Trinajstić information content (AvgIpc) is 2.75. The fourth-order valence-corrected chi connectivity index (χ4v) is 4.52. The normalized spacial score (nSPS) is 39.7. The molecule has 3 atom stereocenters. The van der Waals surface area contributed by atoms with Crippen molar-refractivity contribution in [3.8, 4) is 0 Å². The van der Waals surface area contributed by atoms with Gasteiger partial charge in [0.05, 0.1) is 0 Å². The summed E-state index contributed by atoms with van der Waals surface area (Å²) in [4.78, 5) is 2.77.